The summed E-state index contributed by atoms with van der Waals surface area (Å²) in [6.45, 7) is 3.58. The number of carbonyl (C=O) groups is 2. The molecular formula is C27H24N4O2S3. The molecule has 0 atom stereocenters. The van der Waals surface area contributed by atoms with Gasteiger partial charge in [-0.05, 0) is 68.5 Å². The van der Waals surface area contributed by atoms with Gasteiger partial charge in [-0.3, -0.25) is 9.59 Å². The zero-order valence-corrected chi connectivity index (χ0v) is 22.2. The van der Waals surface area contributed by atoms with Crippen LogP contribution < -0.4 is 16.0 Å². The number of nitrogens with one attached hydrogen (secondary N) is 3. The predicted molar refractivity (Wildman–Crippen MR) is 154 cm³/mol. The molecule has 0 aliphatic heterocycles. The number of anilines is 3. The summed E-state index contributed by atoms with van der Waals surface area (Å²) in [6, 6.07) is 22.9. The lowest BCUT2D eigenvalue weighted by Gasteiger charge is -2.12. The van der Waals surface area contributed by atoms with E-state index in [1.807, 2.05) is 73.0 Å². The van der Waals surface area contributed by atoms with Crippen LogP contribution in [0.3, 0.4) is 0 Å². The van der Waals surface area contributed by atoms with E-state index in [1.54, 1.807) is 12.1 Å². The fourth-order valence-electron chi connectivity index (χ4n) is 3.24. The fraction of sp³-hybridized carbons (Fsp3) is 0.111. The van der Waals surface area contributed by atoms with Crippen molar-refractivity contribution in [1.82, 2.24) is 4.98 Å². The summed E-state index contributed by atoms with van der Waals surface area (Å²) >= 11 is 8.24. The standard InChI is InChI=1S/C27H24N4O2S3/c1-17-6-8-20(9-7-17)24-15-36-27(30-24)31-25(33)16-35-23-5-3-4-22(14-23)29-26(34)28-21-12-10-19(11-13-21)18(2)32/h3-15H,16H2,1-2H3,(H2,28,29,34)(H,30,31,33). The van der Waals surface area contributed by atoms with Gasteiger partial charge in [-0.15, -0.1) is 23.1 Å². The highest BCUT2D eigenvalue weighted by atomic mass is 32.2. The Morgan fingerprint density at radius 2 is 1.67 bits per heavy atom. The predicted octanol–water partition coefficient (Wildman–Crippen LogP) is 6.86. The molecule has 0 fully saturated rings. The van der Waals surface area contributed by atoms with E-state index in [0.717, 1.165) is 27.5 Å². The minimum absolute atomic E-state index is 0.0175. The van der Waals surface area contributed by atoms with E-state index in [-0.39, 0.29) is 17.4 Å². The van der Waals surface area contributed by atoms with E-state index in [2.05, 4.69) is 20.9 Å². The SMILES string of the molecule is CC(=O)c1ccc(NC(=S)Nc2cccc(SCC(=O)Nc3nc(-c4ccc(C)cc4)cs3)c2)cc1. The van der Waals surface area contributed by atoms with Gasteiger partial charge < -0.3 is 16.0 Å². The third kappa shape index (κ3) is 7.24. The maximum atomic E-state index is 12.5. The average Bonchev–Trinajstić information content (AvgIpc) is 3.32. The summed E-state index contributed by atoms with van der Waals surface area (Å²) in [5.41, 5.74) is 5.30. The van der Waals surface area contributed by atoms with Gasteiger partial charge in [0, 0.05) is 32.8 Å². The van der Waals surface area contributed by atoms with Crippen LogP contribution in [0.15, 0.2) is 83.1 Å². The van der Waals surface area contributed by atoms with Crippen molar-refractivity contribution in [2.24, 2.45) is 0 Å². The van der Waals surface area contributed by atoms with Crippen LogP contribution in [0.4, 0.5) is 16.5 Å². The van der Waals surface area contributed by atoms with Crippen LogP contribution in [0.5, 0.6) is 0 Å². The van der Waals surface area contributed by atoms with E-state index in [4.69, 9.17) is 12.2 Å². The third-order valence-corrected chi connectivity index (χ3v) is 7.06. The Morgan fingerprint density at radius 1 is 0.944 bits per heavy atom. The zero-order chi connectivity index (χ0) is 25.5. The van der Waals surface area contributed by atoms with Crippen LogP contribution in [0.2, 0.25) is 0 Å². The summed E-state index contributed by atoms with van der Waals surface area (Å²) in [7, 11) is 0. The summed E-state index contributed by atoms with van der Waals surface area (Å²) < 4.78 is 0. The number of carbonyl (C=O) groups excluding carboxylic acids is 2. The Balaban J connectivity index is 1.27. The molecule has 1 heterocycles. The molecular weight excluding hydrogens is 509 g/mol. The molecule has 0 saturated carbocycles. The van der Waals surface area contributed by atoms with Crippen LogP contribution >= 0.6 is 35.3 Å². The number of benzene rings is 3. The van der Waals surface area contributed by atoms with E-state index < -0.39 is 0 Å². The van der Waals surface area contributed by atoms with E-state index >= 15 is 0 Å². The van der Waals surface area contributed by atoms with Gasteiger partial charge in [-0.2, -0.15) is 0 Å². The molecule has 182 valence electrons. The molecule has 0 unspecified atom stereocenters. The van der Waals surface area contributed by atoms with Crippen LogP contribution in [0.1, 0.15) is 22.8 Å². The topological polar surface area (TPSA) is 83.1 Å². The van der Waals surface area contributed by atoms with Crippen molar-refractivity contribution in [3.8, 4) is 11.3 Å². The first-order valence-corrected chi connectivity index (χ1v) is 13.4. The Hall–Kier alpha value is -3.53. The van der Waals surface area contributed by atoms with E-state index in [0.29, 0.717) is 15.8 Å². The molecule has 0 radical (unpaired) electrons. The Morgan fingerprint density at radius 3 is 2.39 bits per heavy atom. The van der Waals surface area contributed by atoms with E-state index in [1.165, 1.54) is 35.6 Å². The number of nitrogens with zero attached hydrogens (tertiary/aromatic N) is 1. The number of aryl methyl sites for hydroxylation is 1. The van der Waals surface area contributed by atoms with Gasteiger partial charge in [0.1, 0.15) is 0 Å². The van der Waals surface area contributed by atoms with Crippen molar-refractivity contribution in [1.29, 1.82) is 0 Å². The summed E-state index contributed by atoms with van der Waals surface area (Å²) in [5.74, 6) is 0.159. The number of thioether (sulfide) groups is 1. The molecule has 0 spiro atoms. The highest BCUT2D eigenvalue weighted by Crippen LogP contribution is 2.26. The van der Waals surface area contributed by atoms with Crippen molar-refractivity contribution in [3.05, 3.63) is 89.3 Å². The third-order valence-electron chi connectivity index (χ3n) is 5.11. The number of thiazole rings is 1. The summed E-state index contributed by atoms with van der Waals surface area (Å²) in [4.78, 5) is 29.4. The Kier molecular flexibility index (Phi) is 8.48. The van der Waals surface area contributed by atoms with Crippen LogP contribution in [0.25, 0.3) is 11.3 Å². The molecule has 4 rings (SSSR count). The minimum atomic E-state index is -0.116. The smallest absolute Gasteiger partial charge is 0.236 e. The molecule has 4 aromatic rings. The zero-order valence-electron chi connectivity index (χ0n) is 19.7. The number of hydrogen-bond donors (Lipinski definition) is 3. The maximum Gasteiger partial charge on any atom is 0.236 e. The maximum absolute atomic E-state index is 12.5. The second-order valence-corrected chi connectivity index (χ2v) is 10.3. The van der Waals surface area contributed by atoms with E-state index in [9.17, 15) is 9.59 Å². The molecule has 0 aliphatic carbocycles. The van der Waals surface area contributed by atoms with Gasteiger partial charge >= 0.3 is 0 Å². The lowest BCUT2D eigenvalue weighted by Crippen LogP contribution is -2.19. The molecule has 36 heavy (non-hydrogen) atoms. The van der Waals surface area contributed by atoms with Gasteiger partial charge in [0.15, 0.2) is 16.0 Å². The molecule has 3 aromatic carbocycles. The number of Topliss-reactive ketones (excluding diaryl/α,β-unsaturated/α-hetero) is 1. The van der Waals surface area contributed by atoms with Crippen LogP contribution in [0, 0.1) is 6.92 Å². The number of aromatic nitrogens is 1. The number of hydrogen-bond acceptors (Lipinski definition) is 6. The Bertz CT molecular complexity index is 1380. The molecule has 6 nitrogen and oxygen atoms in total. The van der Waals surface area contributed by atoms with Crippen molar-refractivity contribution >= 4 is 68.6 Å². The lowest BCUT2D eigenvalue weighted by molar-refractivity contribution is -0.113. The highest BCUT2D eigenvalue weighted by Gasteiger charge is 2.09. The molecule has 0 saturated heterocycles. The first-order valence-electron chi connectivity index (χ1n) is 11.1. The second-order valence-electron chi connectivity index (χ2n) is 7.98. The number of amides is 1. The molecule has 9 heteroatoms. The molecule has 1 aromatic heterocycles. The molecule has 1 amide bonds. The van der Waals surface area contributed by atoms with Crippen molar-refractivity contribution in [2.45, 2.75) is 18.7 Å². The lowest BCUT2D eigenvalue weighted by atomic mass is 10.1. The van der Waals surface area contributed by atoms with Gasteiger partial charge in [0.2, 0.25) is 5.91 Å². The average molecular weight is 533 g/mol. The first-order chi connectivity index (χ1) is 17.4. The molecule has 0 bridgehead atoms. The normalized spacial score (nSPS) is 10.5. The molecule has 0 aliphatic rings. The van der Waals surface area contributed by atoms with Crippen LogP contribution in [-0.4, -0.2) is 27.5 Å². The summed E-state index contributed by atoms with van der Waals surface area (Å²) in [5, 5.41) is 12.1. The number of ketones is 1. The largest absolute Gasteiger partial charge is 0.332 e. The molecule has 3 N–H and O–H groups in total. The van der Waals surface area contributed by atoms with Crippen molar-refractivity contribution in [3.63, 3.8) is 0 Å². The quantitative estimate of drug-likeness (QED) is 0.130. The fourth-order valence-corrected chi connectivity index (χ4v) is 4.96. The first kappa shape index (κ1) is 25.6. The van der Waals surface area contributed by atoms with Gasteiger partial charge in [0.25, 0.3) is 0 Å². The number of thiocarbonyl (C=S) groups is 1. The van der Waals surface area contributed by atoms with Gasteiger partial charge in [0.05, 0.1) is 11.4 Å². The van der Waals surface area contributed by atoms with Crippen molar-refractivity contribution in [2.75, 3.05) is 21.7 Å². The van der Waals surface area contributed by atoms with Crippen LogP contribution in [-0.2, 0) is 4.79 Å². The summed E-state index contributed by atoms with van der Waals surface area (Å²) in [6.07, 6.45) is 0. The second kappa shape index (κ2) is 11.9. The highest BCUT2D eigenvalue weighted by molar-refractivity contribution is 8.00. The minimum Gasteiger partial charge on any atom is -0.332 e. The Labute approximate surface area is 223 Å². The van der Waals surface area contributed by atoms with Gasteiger partial charge in [-0.25, -0.2) is 4.98 Å². The van der Waals surface area contributed by atoms with Gasteiger partial charge in [-0.1, -0.05) is 35.9 Å². The van der Waals surface area contributed by atoms with Crippen molar-refractivity contribution < 1.29 is 9.59 Å². The monoisotopic (exact) mass is 532 g/mol. The number of rotatable bonds is 8.